The van der Waals surface area contributed by atoms with E-state index in [0.717, 1.165) is 0 Å². The predicted octanol–water partition coefficient (Wildman–Crippen LogP) is 2.44. The van der Waals surface area contributed by atoms with Crippen molar-refractivity contribution in [1.29, 1.82) is 0 Å². The lowest BCUT2D eigenvalue weighted by Gasteiger charge is -2.49. The van der Waals surface area contributed by atoms with Gasteiger partial charge in [0.1, 0.15) is 23.1 Å². The van der Waals surface area contributed by atoms with Gasteiger partial charge in [-0.05, 0) is 35.7 Å². The summed E-state index contributed by atoms with van der Waals surface area (Å²) in [5.74, 6) is -2.47. The van der Waals surface area contributed by atoms with Crippen LogP contribution in [0.4, 0.5) is 8.78 Å². The molecular formula is C24H28F2N4O3. The summed E-state index contributed by atoms with van der Waals surface area (Å²) < 4.78 is 30.0. The molecule has 2 aromatic heterocycles. The molecule has 1 amide bonds. The average Bonchev–Trinajstić information content (AvgIpc) is 3.16. The summed E-state index contributed by atoms with van der Waals surface area (Å²) >= 11 is 0. The van der Waals surface area contributed by atoms with Gasteiger partial charge in [0.05, 0.1) is 12.0 Å². The van der Waals surface area contributed by atoms with Gasteiger partial charge in [-0.25, -0.2) is 13.8 Å². The number of rotatable bonds is 4. The molecule has 33 heavy (non-hydrogen) atoms. The molecule has 0 radical (unpaired) electrons. The fourth-order valence-corrected chi connectivity index (χ4v) is 5.15. The van der Waals surface area contributed by atoms with Crippen molar-refractivity contribution in [1.82, 2.24) is 14.9 Å². The molecule has 5 N–H and O–H groups in total. The quantitative estimate of drug-likeness (QED) is 0.479. The molecule has 0 saturated carbocycles. The molecule has 3 heterocycles. The van der Waals surface area contributed by atoms with E-state index in [0.29, 0.717) is 22.3 Å². The number of hydrogen-bond donors (Lipinski definition) is 4. The highest BCUT2D eigenvalue weighted by Gasteiger charge is 2.49. The van der Waals surface area contributed by atoms with Crippen LogP contribution in [-0.4, -0.2) is 56.7 Å². The molecule has 1 fully saturated rings. The fourth-order valence-electron chi connectivity index (χ4n) is 5.15. The first-order valence-corrected chi connectivity index (χ1v) is 10.9. The maximum atomic E-state index is 15.6. The van der Waals surface area contributed by atoms with Crippen molar-refractivity contribution < 1.29 is 23.8 Å². The second-order valence-corrected chi connectivity index (χ2v) is 9.03. The van der Waals surface area contributed by atoms with E-state index in [4.69, 9.17) is 5.73 Å². The number of carbonyl (C=O) groups is 1. The number of aliphatic hydroxyl groups excluding tert-OH is 1. The number of H-pyrrole nitrogens is 1. The van der Waals surface area contributed by atoms with Crippen molar-refractivity contribution in [3.8, 4) is 11.1 Å². The van der Waals surface area contributed by atoms with Gasteiger partial charge in [-0.15, -0.1) is 0 Å². The monoisotopic (exact) mass is 458 g/mol. The maximum Gasteiger partial charge on any atom is 0.241 e. The molecule has 0 aliphatic carbocycles. The molecule has 1 aliphatic heterocycles. The molecule has 9 heteroatoms. The normalized spacial score (nSPS) is 24.3. The third kappa shape index (κ3) is 3.70. The van der Waals surface area contributed by atoms with Gasteiger partial charge in [-0.1, -0.05) is 19.9 Å². The first-order chi connectivity index (χ1) is 15.6. The van der Waals surface area contributed by atoms with E-state index in [9.17, 15) is 19.4 Å². The van der Waals surface area contributed by atoms with E-state index < -0.39 is 47.6 Å². The Labute approximate surface area is 190 Å². The van der Waals surface area contributed by atoms with E-state index in [1.54, 1.807) is 32.9 Å². The third-order valence-electron chi connectivity index (χ3n) is 6.84. The van der Waals surface area contributed by atoms with Crippen LogP contribution in [-0.2, 0) is 10.4 Å². The van der Waals surface area contributed by atoms with Crippen LogP contribution >= 0.6 is 0 Å². The number of aryl methyl sites for hydroxylation is 1. The summed E-state index contributed by atoms with van der Waals surface area (Å²) in [6.45, 7) is 5.11. The summed E-state index contributed by atoms with van der Waals surface area (Å²) in [7, 11) is 0. The Bertz CT molecular complexity index is 1180. The topological polar surface area (TPSA) is 115 Å². The van der Waals surface area contributed by atoms with Gasteiger partial charge >= 0.3 is 0 Å². The number of fused-ring (bicyclic) bond motifs is 1. The van der Waals surface area contributed by atoms with Gasteiger partial charge in [0.2, 0.25) is 5.91 Å². The van der Waals surface area contributed by atoms with Crippen molar-refractivity contribution >= 4 is 16.9 Å². The minimum atomic E-state index is -1.53. The van der Waals surface area contributed by atoms with Crippen molar-refractivity contribution in [3.63, 3.8) is 0 Å². The first kappa shape index (κ1) is 23.3. The van der Waals surface area contributed by atoms with E-state index in [2.05, 4.69) is 9.97 Å². The number of carbonyl (C=O) groups excluding carboxylic acids is 1. The molecule has 0 bridgehead atoms. The Balaban J connectivity index is 1.74. The van der Waals surface area contributed by atoms with E-state index >= 15 is 4.39 Å². The van der Waals surface area contributed by atoms with Crippen LogP contribution < -0.4 is 5.73 Å². The highest BCUT2D eigenvalue weighted by Crippen LogP contribution is 2.45. The Morgan fingerprint density at radius 3 is 2.58 bits per heavy atom. The lowest BCUT2D eigenvalue weighted by atomic mass is 9.69. The van der Waals surface area contributed by atoms with Crippen LogP contribution in [0.3, 0.4) is 0 Å². The van der Waals surface area contributed by atoms with Crippen LogP contribution in [0, 0.1) is 30.4 Å². The van der Waals surface area contributed by atoms with Crippen LogP contribution in [0.15, 0.2) is 30.6 Å². The van der Waals surface area contributed by atoms with Gasteiger partial charge in [-0.2, -0.15) is 0 Å². The molecule has 0 spiro atoms. The Hall–Kier alpha value is -2.88. The SMILES string of the molecule is Cc1cc(-c2ccnc3[nH]cc(F)c23)cc(F)c1C1(O)[C@H](C)CN(C(=O)[C@H](N)CO)C[C@@H]1C. The van der Waals surface area contributed by atoms with E-state index in [-0.39, 0.29) is 24.0 Å². The van der Waals surface area contributed by atoms with Gasteiger partial charge in [0.25, 0.3) is 0 Å². The van der Waals surface area contributed by atoms with Crippen LogP contribution in [0.5, 0.6) is 0 Å². The largest absolute Gasteiger partial charge is 0.394 e. The Morgan fingerprint density at radius 1 is 1.30 bits per heavy atom. The highest BCUT2D eigenvalue weighted by molar-refractivity contribution is 5.93. The minimum Gasteiger partial charge on any atom is -0.394 e. The smallest absolute Gasteiger partial charge is 0.241 e. The molecule has 1 unspecified atom stereocenters. The van der Waals surface area contributed by atoms with E-state index in [1.165, 1.54) is 23.4 Å². The molecule has 4 atom stereocenters. The van der Waals surface area contributed by atoms with E-state index in [1.807, 2.05) is 0 Å². The minimum absolute atomic E-state index is 0.171. The Morgan fingerprint density at radius 2 is 1.97 bits per heavy atom. The number of halogens is 2. The summed E-state index contributed by atoms with van der Waals surface area (Å²) in [5.41, 5.74) is 6.19. The number of nitrogens with zero attached hydrogens (tertiary/aromatic N) is 2. The number of aliphatic hydroxyl groups is 2. The summed E-state index contributed by atoms with van der Waals surface area (Å²) in [6, 6.07) is 3.64. The predicted molar refractivity (Wildman–Crippen MR) is 120 cm³/mol. The van der Waals surface area contributed by atoms with Crippen molar-refractivity contribution in [2.75, 3.05) is 19.7 Å². The van der Waals surface area contributed by atoms with Crippen LogP contribution in [0.25, 0.3) is 22.2 Å². The number of nitrogens with one attached hydrogen (secondary N) is 1. The molecule has 176 valence electrons. The zero-order chi connectivity index (χ0) is 24.1. The number of nitrogens with two attached hydrogens (primary N) is 1. The zero-order valence-electron chi connectivity index (χ0n) is 18.8. The fraction of sp³-hybridized carbons (Fsp3) is 0.417. The average molecular weight is 459 g/mol. The van der Waals surface area contributed by atoms with Crippen molar-refractivity contribution in [2.45, 2.75) is 32.4 Å². The van der Waals surface area contributed by atoms with Gasteiger partial charge in [-0.3, -0.25) is 4.79 Å². The number of hydrogen-bond acceptors (Lipinski definition) is 5. The summed E-state index contributed by atoms with van der Waals surface area (Å²) in [6.07, 6.45) is 2.73. The second kappa shape index (κ2) is 8.48. The number of amides is 1. The molecule has 4 rings (SSSR count). The molecule has 1 aliphatic rings. The number of pyridine rings is 1. The first-order valence-electron chi connectivity index (χ1n) is 10.9. The van der Waals surface area contributed by atoms with Crippen LogP contribution in [0.1, 0.15) is 25.0 Å². The number of likely N-dealkylation sites (tertiary alicyclic amines) is 1. The van der Waals surface area contributed by atoms with Gasteiger partial charge in [0, 0.05) is 42.9 Å². The molecule has 7 nitrogen and oxygen atoms in total. The summed E-state index contributed by atoms with van der Waals surface area (Å²) in [5, 5.41) is 21.2. The maximum absolute atomic E-state index is 15.6. The van der Waals surface area contributed by atoms with Crippen molar-refractivity contribution in [2.24, 2.45) is 17.6 Å². The molecule has 1 aromatic carbocycles. The number of piperidine rings is 1. The Kier molecular flexibility index (Phi) is 5.98. The molecular weight excluding hydrogens is 430 g/mol. The highest BCUT2D eigenvalue weighted by atomic mass is 19.1. The molecule has 1 saturated heterocycles. The van der Waals surface area contributed by atoms with Gasteiger partial charge in [0.15, 0.2) is 5.82 Å². The van der Waals surface area contributed by atoms with Crippen molar-refractivity contribution in [3.05, 3.63) is 53.4 Å². The standard InChI is InChI=1S/C24H28F2N4O3/c1-12-6-15(16-4-5-28-22-20(16)18(26)8-29-22)7-17(25)21(12)24(33)13(2)9-30(10-14(24)3)23(32)19(27)11-31/h4-8,13-14,19,31,33H,9-11,27H2,1-3H3,(H,28,29)/t13-,14+,19-,24?/m1/s1. The van der Waals surface area contributed by atoms with Gasteiger partial charge < -0.3 is 25.8 Å². The molecule has 3 aromatic rings. The lowest BCUT2D eigenvalue weighted by Crippen LogP contribution is -2.59. The van der Waals surface area contributed by atoms with Crippen LogP contribution in [0.2, 0.25) is 0 Å². The third-order valence-corrected chi connectivity index (χ3v) is 6.84. The summed E-state index contributed by atoms with van der Waals surface area (Å²) in [4.78, 5) is 20.8. The lowest BCUT2D eigenvalue weighted by molar-refractivity contribution is -0.151. The number of aromatic nitrogens is 2. The number of aromatic amines is 1. The zero-order valence-corrected chi connectivity index (χ0v) is 18.8. The second-order valence-electron chi connectivity index (χ2n) is 9.03. The number of benzene rings is 1.